The van der Waals surface area contributed by atoms with Crippen LogP contribution in [0.15, 0.2) is 42.6 Å². The summed E-state index contributed by atoms with van der Waals surface area (Å²) in [5, 5.41) is 10.8. The van der Waals surface area contributed by atoms with Gasteiger partial charge in [0.05, 0.1) is 13.2 Å². The van der Waals surface area contributed by atoms with Gasteiger partial charge in [-0.1, -0.05) is 30.3 Å². The highest BCUT2D eigenvalue weighted by Crippen LogP contribution is 2.33. The van der Waals surface area contributed by atoms with Crippen LogP contribution in [-0.2, 0) is 5.60 Å². The Morgan fingerprint density at radius 3 is 2.86 bits per heavy atom. The number of aromatic nitrogens is 2. The summed E-state index contributed by atoms with van der Waals surface area (Å²) >= 11 is 0. The molecule has 0 amide bonds. The Morgan fingerprint density at radius 2 is 2.10 bits per heavy atom. The molecule has 5 heteroatoms. The molecular formula is C16H19N3O2. The van der Waals surface area contributed by atoms with Gasteiger partial charge in [0.1, 0.15) is 5.60 Å². The van der Waals surface area contributed by atoms with Crippen LogP contribution in [0.25, 0.3) is 0 Å². The number of ether oxygens (including phenoxy) is 1. The summed E-state index contributed by atoms with van der Waals surface area (Å²) in [4.78, 5) is 10.7. The number of β-amino-alcohol motifs (C(OH)–C–C–N with tert-alkyl or cyclic N) is 1. The third-order valence-corrected chi connectivity index (χ3v) is 3.75. The van der Waals surface area contributed by atoms with Crippen LogP contribution in [0.3, 0.4) is 0 Å². The predicted octanol–water partition coefficient (Wildman–Crippen LogP) is 1.97. The van der Waals surface area contributed by atoms with Crippen LogP contribution in [-0.4, -0.2) is 34.8 Å². The smallest absolute Gasteiger partial charge is 0.228 e. The fourth-order valence-corrected chi connectivity index (χ4v) is 2.66. The van der Waals surface area contributed by atoms with Crippen LogP contribution >= 0.6 is 0 Å². The van der Waals surface area contributed by atoms with Gasteiger partial charge in [0.15, 0.2) is 0 Å². The van der Waals surface area contributed by atoms with Crippen molar-refractivity contribution >= 4 is 5.95 Å². The summed E-state index contributed by atoms with van der Waals surface area (Å²) in [6.07, 6.45) is 2.35. The number of benzene rings is 1. The molecule has 21 heavy (non-hydrogen) atoms. The summed E-state index contributed by atoms with van der Waals surface area (Å²) < 4.78 is 5.40. The first-order chi connectivity index (χ1) is 10.2. The van der Waals surface area contributed by atoms with Crippen molar-refractivity contribution in [3.63, 3.8) is 0 Å². The quantitative estimate of drug-likeness (QED) is 0.930. The standard InChI is InChI=1S/C16H19N3O2/c1-2-21-14-8-10-17-15(18-14)19-11-9-16(20,12-19)13-6-4-3-5-7-13/h3-8,10,20H,2,9,11-12H2,1H3. The molecular weight excluding hydrogens is 266 g/mol. The Bertz CT molecular complexity index is 605. The van der Waals surface area contributed by atoms with Crippen molar-refractivity contribution in [3.8, 4) is 5.88 Å². The van der Waals surface area contributed by atoms with Crippen molar-refractivity contribution in [1.82, 2.24) is 9.97 Å². The molecule has 1 fully saturated rings. The van der Waals surface area contributed by atoms with E-state index in [9.17, 15) is 5.11 Å². The van der Waals surface area contributed by atoms with Gasteiger partial charge < -0.3 is 14.7 Å². The largest absolute Gasteiger partial charge is 0.478 e. The first-order valence-electron chi connectivity index (χ1n) is 7.20. The highest BCUT2D eigenvalue weighted by molar-refractivity contribution is 5.38. The Morgan fingerprint density at radius 1 is 1.29 bits per heavy atom. The normalized spacial score (nSPS) is 21.5. The number of nitrogens with zero attached hydrogens (tertiary/aromatic N) is 3. The van der Waals surface area contributed by atoms with Crippen molar-refractivity contribution in [2.24, 2.45) is 0 Å². The zero-order valence-electron chi connectivity index (χ0n) is 12.1. The van der Waals surface area contributed by atoms with Crippen molar-refractivity contribution in [2.75, 3.05) is 24.6 Å². The van der Waals surface area contributed by atoms with Gasteiger partial charge in [-0.05, 0) is 18.9 Å². The van der Waals surface area contributed by atoms with E-state index in [0.29, 0.717) is 31.4 Å². The second kappa shape index (κ2) is 5.69. The third kappa shape index (κ3) is 2.83. The van der Waals surface area contributed by atoms with E-state index in [2.05, 4.69) is 9.97 Å². The lowest BCUT2D eigenvalue weighted by Gasteiger charge is -2.24. The average molecular weight is 285 g/mol. The first-order valence-corrected chi connectivity index (χ1v) is 7.20. The van der Waals surface area contributed by atoms with Crippen LogP contribution in [0.4, 0.5) is 5.95 Å². The second-order valence-electron chi connectivity index (χ2n) is 5.20. The molecule has 3 rings (SSSR count). The van der Waals surface area contributed by atoms with Gasteiger partial charge in [0.2, 0.25) is 11.8 Å². The zero-order chi connectivity index (χ0) is 14.7. The maximum Gasteiger partial charge on any atom is 0.228 e. The molecule has 1 aliphatic heterocycles. The van der Waals surface area contributed by atoms with E-state index < -0.39 is 5.60 Å². The monoisotopic (exact) mass is 285 g/mol. The number of hydrogen-bond donors (Lipinski definition) is 1. The predicted molar refractivity (Wildman–Crippen MR) is 80.4 cm³/mol. The maximum absolute atomic E-state index is 10.8. The third-order valence-electron chi connectivity index (χ3n) is 3.75. The van der Waals surface area contributed by atoms with Crippen LogP contribution in [0.2, 0.25) is 0 Å². The summed E-state index contributed by atoms with van der Waals surface area (Å²) in [5.74, 6) is 1.17. The Hall–Kier alpha value is -2.14. The molecule has 5 nitrogen and oxygen atoms in total. The topological polar surface area (TPSA) is 58.5 Å². The first kappa shape index (κ1) is 13.8. The van der Waals surface area contributed by atoms with Gasteiger partial charge in [-0.3, -0.25) is 0 Å². The lowest BCUT2D eigenvalue weighted by atomic mass is 9.93. The van der Waals surface area contributed by atoms with Crippen molar-refractivity contribution in [2.45, 2.75) is 18.9 Å². The minimum absolute atomic E-state index is 0.493. The lowest BCUT2D eigenvalue weighted by Crippen LogP contribution is -2.31. The Kier molecular flexibility index (Phi) is 3.75. The lowest BCUT2D eigenvalue weighted by molar-refractivity contribution is 0.0606. The molecule has 1 aromatic heterocycles. The Labute approximate surface area is 124 Å². The van der Waals surface area contributed by atoms with E-state index in [0.717, 1.165) is 12.1 Å². The van der Waals surface area contributed by atoms with Crippen molar-refractivity contribution in [1.29, 1.82) is 0 Å². The number of rotatable bonds is 4. The maximum atomic E-state index is 10.8. The van der Waals surface area contributed by atoms with Crippen molar-refractivity contribution in [3.05, 3.63) is 48.2 Å². The summed E-state index contributed by atoms with van der Waals surface area (Å²) in [6, 6.07) is 11.5. The van der Waals surface area contributed by atoms with Gasteiger partial charge in [0, 0.05) is 18.8 Å². The number of anilines is 1. The van der Waals surface area contributed by atoms with Crippen LogP contribution in [0, 0.1) is 0 Å². The van der Waals surface area contributed by atoms with Crippen LogP contribution < -0.4 is 9.64 Å². The molecule has 0 saturated carbocycles. The second-order valence-corrected chi connectivity index (χ2v) is 5.20. The fourth-order valence-electron chi connectivity index (χ4n) is 2.66. The molecule has 1 aliphatic rings. The van der Waals surface area contributed by atoms with Gasteiger partial charge in [0.25, 0.3) is 0 Å². The molecule has 0 aliphatic carbocycles. The zero-order valence-corrected chi connectivity index (χ0v) is 12.1. The van der Waals surface area contributed by atoms with E-state index in [1.165, 1.54) is 0 Å². The highest BCUT2D eigenvalue weighted by atomic mass is 16.5. The molecule has 1 unspecified atom stereocenters. The molecule has 1 N–H and O–H groups in total. The van der Waals surface area contributed by atoms with Gasteiger partial charge in [-0.25, -0.2) is 4.98 Å². The van der Waals surface area contributed by atoms with E-state index >= 15 is 0 Å². The average Bonchev–Trinajstić information content (AvgIpc) is 2.93. The van der Waals surface area contributed by atoms with E-state index in [1.807, 2.05) is 42.2 Å². The molecule has 1 aromatic carbocycles. The molecule has 1 saturated heterocycles. The highest BCUT2D eigenvalue weighted by Gasteiger charge is 2.38. The summed E-state index contributed by atoms with van der Waals surface area (Å²) in [5.41, 5.74) is 0.0974. The SMILES string of the molecule is CCOc1ccnc(N2CCC(O)(c3ccccc3)C2)n1. The number of aliphatic hydroxyl groups is 1. The van der Waals surface area contributed by atoms with Gasteiger partial charge in [-0.2, -0.15) is 4.98 Å². The van der Waals surface area contributed by atoms with Gasteiger partial charge >= 0.3 is 0 Å². The fraction of sp³-hybridized carbons (Fsp3) is 0.375. The minimum Gasteiger partial charge on any atom is -0.478 e. The minimum atomic E-state index is -0.841. The summed E-state index contributed by atoms with van der Waals surface area (Å²) in [6.45, 7) is 3.71. The van der Waals surface area contributed by atoms with Crippen LogP contribution in [0.5, 0.6) is 5.88 Å². The molecule has 110 valence electrons. The van der Waals surface area contributed by atoms with E-state index in [-0.39, 0.29) is 0 Å². The van der Waals surface area contributed by atoms with Crippen molar-refractivity contribution < 1.29 is 9.84 Å². The van der Waals surface area contributed by atoms with E-state index in [1.54, 1.807) is 12.3 Å². The summed E-state index contributed by atoms with van der Waals surface area (Å²) in [7, 11) is 0. The molecule has 0 spiro atoms. The molecule has 1 atom stereocenters. The Balaban J connectivity index is 1.79. The molecule has 2 heterocycles. The molecule has 0 bridgehead atoms. The van der Waals surface area contributed by atoms with Gasteiger partial charge in [-0.15, -0.1) is 0 Å². The molecule has 0 radical (unpaired) electrons. The number of hydrogen-bond acceptors (Lipinski definition) is 5. The molecule has 2 aromatic rings. The van der Waals surface area contributed by atoms with Crippen LogP contribution in [0.1, 0.15) is 18.9 Å². The van der Waals surface area contributed by atoms with E-state index in [4.69, 9.17) is 4.74 Å².